The predicted molar refractivity (Wildman–Crippen MR) is 118 cm³/mol. The lowest BCUT2D eigenvalue weighted by Gasteiger charge is -2.39. The highest BCUT2D eigenvalue weighted by Gasteiger charge is 2.48. The van der Waals surface area contributed by atoms with Crippen LogP contribution in [0.3, 0.4) is 0 Å². The molecule has 0 radical (unpaired) electrons. The van der Waals surface area contributed by atoms with Gasteiger partial charge < -0.3 is 10.4 Å². The average Bonchev–Trinajstić information content (AvgIpc) is 3.26. The lowest BCUT2D eigenvalue weighted by molar-refractivity contribution is 0.210. The van der Waals surface area contributed by atoms with Crippen molar-refractivity contribution >= 4 is 15.7 Å². The Hall–Kier alpha value is -2.74. The van der Waals surface area contributed by atoms with Crippen LogP contribution >= 0.6 is 0 Å². The van der Waals surface area contributed by atoms with Crippen LogP contribution < -0.4 is 5.32 Å². The number of sulfonamides is 1. The molecule has 5 nitrogen and oxygen atoms in total. The molecule has 2 heterocycles. The highest BCUT2D eigenvalue weighted by molar-refractivity contribution is 7.89. The third-order valence-corrected chi connectivity index (χ3v) is 8.25. The fourth-order valence-corrected chi connectivity index (χ4v) is 6.57. The molecule has 3 atom stereocenters. The number of hydrogen-bond donors (Lipinski definition) is 2. The summed E-state index contributed by atoms with van der Waals surface area (Å²) in [5, 5.41) is 13.3. The van der Waals surface area contributed by atoms with E-state index in [0.717, 1.165) is 11.3 Å². The molecule has 0 unspecified atom stereocenters. The van der Waals surface area contributed by atoms with Crippen molar-refractivity contribution in [3.05, 3.63) is 84.2 Å². The van der Waals surface area contributed by atoms with Crippen molar-refractivity contribution in [1.82, 2.24) is 4.31 Å². The Morgan fingerprint density at radius 2 is 1.77 bits per heavy atom. The molecule has 0 aromatic heterocycles. The zero-order chi connectivity index (χ0) is 21.6. The summed E-state index contributed by atoms with van der Waals surface area (Å²) in [6.45, 7) is 0.281. The minimum Gasteiger partial charge on any atom is -0.394 e. The van der Waals surface area contributed by atoms with E-state index >= 15 is 0 Å². The van der Waals surface area contributed by atoms with Crippen LogP contribution in [0.15, 0.2) is 77.7 Å². The number of anilines is 1. The van der Waals surface area contributed by atoms with Crippen LogP contribution in [-0.2, 0) is 10.0 Å². The van der Waals surface area contributed by atoms with Gasteiger partial charge in [-0.1, -0.05) is 42.5 Å². The molecule has 0 amide bonds. The predicted octanol–water partition coefficient (Wildman–Crippen LogP) is 4.03. The van der Waals surface area contributed by atoms with E-state index in [9.17, 15) is 17.9 Å². The second-order valence-corrected chi connectivity index (χ2v) is 9.93. The fraction of sp³-hybridized carbons (Fsp3) is 0.250. The van der Waals surface area contributed by atoms with Crippen LogP contribution in [0.4, 0.5) is 10.1 Å². The molecule has 0 spiro atoms. The van der Waals surface area contributed by atoms with E-state index in [4.69, 9.17) is 0 Å². The molecule has 2 aliphatic heterocycles. The number of benzene rings is 3. The van der Waals surface area contributed by atoms with E-state index in [1.54, 1.807) is 52.8 Å². The van der Waals surface area contributed by atoms with E-state index in [0.29, 0.717) is 24.1 Å². The zero-order valence-electron chi connectivity index (χ0n) is 16.8. The van der Waals surface area contributed by atoms with Crippen LogP contribution in [0, 0.1) is 11.7 Å². The normalized spacial score (nSPS) is 23.1. The number of nitrogens with zero attached hydrogens (tertiary/aromatic N) is 1. The summed E-state index contributed by atoms with van der Waals surface area (Å²) in [7, 11) is -3.72. The van der Waals surface area contributed by atoms with Crippen LogP contribution in [0.1, 0.15) is 18.0 Å². The standard InChI is InChI=1S/C24H23FN2O3S/c25-21-9-5-4-8-18(21)16-10-11-22-20(14-16)24-19(23(15-28)26-22)12-13-27(24)31(29,30)17-6-2-1-3-7-17/h1-11,14,19,23-24,26,28H,12-13,15H2/t19-,23-,24-/m0/s1. The monoisotopic (exact) mass is 438 g/mol. The smallest absolute Gasteiger partial charge is 0.243 e. The molecule has 1 fully saturated rings. The highest BCUT2D eigenvalue weighted by Crippen LogP contribution is 2.49. The van der Waals surface area contributed by atoms with Crippen molar-refractivity contribution in [2.24, 2.45) is 5.92 Å². The molecule has 0 aliphatic carbocycles. The van der Waals surface area contributed by atoms with E-state index in [1.165, 1.54) is 6.07 Å². The van der Waals surface area contributed by atoms with Gasteiger partial charge in [0.05, 0.1) is 23.6 Å². The first-order valence-electron chi connectivity index (χ1n) is 10.3. The van der Waals surface area contributed by atoms with Crippen LogP contribution in [0.2, 0.25) is 0 Å². The van der Waals surface area contributed by atoms with Gasteiger partial charge in [0, 0.05) is 23.7 Å². The molecule has 2 aliphatic rings. The molecule has 2 N–H and O–H groups in total. The number of aliphatic hydroxyl groups excluding tert-OH is 1. The molecule has 160 valence electrons. The van der Waals surface area contributed by atoms with Gasteiger partial charge in [0.1, 0.15) is 5.82 Å². The molecule has 1 saturated heterocycles. The fourth-order valence-electron chi connectivity index (χ4n) is 4.88. The van der Waals surface area contributed by atoms with Crippen molar-refractivity contribution in [2.45, 2.75) is 23.4 Å². The van der Waals surface area contributed by atoms with Gasteiger partial charge in [-0.15, -0.1) is 0 Å². The van der Waals surface area contributed by atoms with Crippen LogP contribution in [0.25, 0.3) is 11.1 Å². The van der Waals surface area contributed by atoms with Crippen molar-refractivity contribution in [3.63, 3.8) is 0 Å². The van der Waals surface area contributed by atoms with E-state index in [-0.39, 0.29) is 29.3 Å². The molecule has 0 saturated carbocycles. The SMILES string of the molecule is O=S(=O)(c1ccccc1)N1CC[C@H]2[C@H](CO)Nc3ccc(-c4ccccc4F)cc3[C@H]21. The average molecular weight is 439 g/mol. The molecule has 0 bridgehead atoms. The summed E-state index contributed by atoms with van der Waals surface area (Å²) in [5.74, 6) is -0.400. The molecule has 3 aromatic carbocycles. The maximum atomic E-state index is 14.4. The number of rotatable bonds is 4. The van der Waals surface area contributed by atoms with E-state index < -0.39 is 16.1 Å². The third-order valence-electron chi connectivity index (χ3n) is 6.36. The number of halogens is 1. The topological polar surface area (TPSA) is 69.6 Å². The number of fused-ring (bicyclic) bond motifs is 3. The molecule has 31 heavy (non-hydrogen) atoms. The Bertz CT molecular complexity index is 1220. The summed E-state index contributed by atoms with van der Waals surface area (Å²) in [6.07, 6.45) is 0.637. The number of hydrogen-bond acceptors (Lipinski definition) is 4. The molecule has 3 aromatic rings. The van der Waals surface area contributed by atoms with Gasteiger partial charge in [-0.05, 0) is 47.9 Å². The molecule has 7 heteroatoms. The lowest BCUT2D eigenvalue weighted by atomic mass is 9.82. The largest absolute Gasteiger partial charge is 0.394 e. The van der Waals surface area contributed by atoms with Gasteiger partial charge in [-0.2, -0.15) is 4.31 Å². The second kappa shape index (κ2) is 7.75. The van der Waals surface area contributed by atoms with Crippen molar-refractivity contribution in [3.8, 4) is 11.1 Å². The highest BCUT2D eigenvalue weighted by atomic mass is 32.2. The Morgan fingerprint density at radius 3 is 2.52 bits per heavy atom. The molecular formula is C24H23FN2O3S. The maximum absolute atomic E-state index is 14.4. The first-order valence-corrected chi connectivity index (χ1v) is 11.8. The third kappa shape index (κ3) is 3.33. The Labute approximate surface area is 181 Å². The second-order valence-electron chi connectivity index (χ2n) is 8.04. The maximum Gasteiger partial charge on any atom is 0.243 e. The minimum absolute atomic E-state index is 0.0770. The zero-order valence-corrected chi connectivity index (χ0v) is 17.6. The molecule has 5 rings (SSSR count). The summed E-state index contributed by atoms with van der Waals surface area (Å²) >= 11 is 0. The lowest BCUT2D eigenvalue weighted by Crippen LogP contribution is -2.42. The minimum atomic E-state index is -3.72. The van der Waals surface area contributed by atoms with E-state index in [1.807, 2.05) is 18.2 Å². The van der Waals surface area contributed by atoms with Crippen LogP contribution in [0.5, 0.6) is 0 Å². The van der Waals surface area contributed by atoms with Crippen LogP contribution in [-0.4, -0.2) is 37.0 Å². The van der Waals surface area contributed by atoms with Crippen molar-refractivity contribution in [1.29, 1.82) is 0 Å². The first kappa shape index (κ1) is 20.2. The van der Waals surface area contributed by atoms with E-state index in [2.05, 4.69) is 5.32 Å². The Balaban J connectivity index is 1.64. The van der Waals surface area contributed by atoms with Crippen molar-refractivity contribution in [2.75, 3.05) is 18.5 Å². The van der Waals surface area contributed by atoms with Gasteiger partial charge >= 0.3 is 0 Å². The number of nitrogens with one attached hydrogen (secondary N) is 1. The van der Waals surface area contributed by atoms with Gasteiger partial charge in [0.25, 0.3) is 0 Å². The summed E-state index contributed by atoms with van der Waals surface area (Å²) < 4.78 is 42.9. The Kier molecular flexibility index (Phi) is 5.04. The summed E-state index contributed by atoms with van der Waals surface area (Å²) in [5.41, 5.74) is 2.76. The number of aliphatic hydroxyl groups is 1. The van der Waals surface area contributed by atoms with Gasteiger partial charge in [0.2, 0.25) is 10.0 Å². The quantitative estimate of drug-likeness (QED) is 0.645. The van der Waals surface area contributed by atoms with Gasteiger partial charge in [-0.25, -0.2) is 12.8 Å². The first-order chi connectivity index (χ1) is 15.0. The summed E-state index contributed by atoms with van der Waals surface area (Å²) in [6, 6.07) is 19.9. The summed E-state index contributed by atoms with van der Waals surface area (Å²) in [4.78, 5) is 0.251. The van der Waals surface area contributed by atoms with Gasteiger partial charge in [0.15, 0.2) is 0 Å². The molecular weight excluding hydrogens is 415 g/mol. The van der Waals surface area contributed by atoms with Gasteiger partial charge in [-0.3, -0.25) is 0 Å². The Morgan fingerprint density at radius 1 is 1.03 bits per heavy atom. The van der Waals surface area contributed by atoms with Crippen molar-refractivity contribution < 1.29 is 17.9 Å².